The van der Waals surface area contributed by atoms with Gasteiger partial charge in [-0.3, -0.25) is 19.5 Å². The number of amides is 2. The highest BCUT2D eigenvalue weighted by molar-refractivity contribution is 5.96. The molecule has 1 aromatic rings. The molecule has 3 rings (SSSR count). The van der Waals surface area contributed by atoms with Crippen LogP contribution >= 0.6 is 0 Å². The van der Waals surface area contributed by atoms with Gasteiger partial charge in [-0.1, -0.05) is 12.1 Å². The zero-order chi connectivity index (χ0) is 27.2. The molecule has 1 unspecified atom stereocenters. The monoisotopic (exact) mass is 524 g/mol. The van der Waals surface area contributed by atoms with E-state index < -0.39 is 29.2 Å². The number of methoxy groups -OCH3 is 1. The fraction of sp³-hybridized carbons (Fsp3) is 0.577. The van der Waals surface area contributed by atoms with Crippen molar-refractivity contribution in [2.45, 2.75) is 69.6 Å². The molecule has 2 aliphatic rings. The summed E-state index contributed by atoms with van der Waals surface area (Å²) in [5, 5.41) is 16.4. The maximum atomic E-state index is 12.8. The second-order valence-electron chi connectivity index (χ2n) is 9.60. The molecule has 11 heteroatoms. The summed E-state index contributed by atoms with van der Waals surface area (Å²) < 4.78 is 43.6. The number of aliphatic imine (C=N–C) groups is 1. The summed E-state index contributed by atoms with van der Waals surface area (Å²) in [5.74, 6) is -1.14. The fourth-order valence-corrected chi connectivity index (χ4v) is 4.72. The van der Waals surface area contributed by atoms with Gasteiger partial charge in [0.2, 0.25) is 5.91 Å². The Labute approximate surface area is 215 Å². The highest BCUT2D eigenvalue weighted by Gasteiger charge is 2.41. The predicted molar refractivity (Wildman–Crippen MR) is 133 cm³/mol. The average Bonchev–Trinajstić information content (AvgIpc) is 2.85. The number of hydrogen-bond acceptors (Lipinski definition) is 6. The van der Waals surface area contributed by atoms with Crippen LogP contribution in [0.1, 0.15) is 55.5 Å². The van der Waals surface area contributed by atoms with Gasteiger partial charge in [-0.25, -0.2) is 0 Å². The molecule has 2 fully saturated rings. The molecule has 8 nitrogen and oxygen atoms in total. The van der Waals surface area contributed by atoms with Crippen LogP contribution in [0.2, 0.25) is 0 Å². The van der Waals surface area contributed by atoms with Crippen molar-refractivity contribution in [1.29, 1.82) is 0 Å². The number of carbonyl (C=O) groups is 2. The van der Waals surface area contributed by atoms with Crippen molar-refractivity contribution in [3.63, 3.8) is 0 Å². The largest absolute Gasteiger partial charge is 0.416 e. The van der Waals surface area contributed by atoms with Gasteiger partial charge in [0.25, 0.3) is 5.91 Å². The predicted octanol–water partition coefficient (Wildman–Crippen LogP) is 2.92. The van der Waals surface area contributed by atoms with E-state index in [1.54, 1.807) is 13.3 Å². The van der Waals surface area contributed by atoms with Gasteiger partial charge in [0.15, 0.2) is 0 Å². The Morgan fingerprint density at radius 2 is 1.97 bits per heavy atom. The van der Waals surface area contributed by atoms with E-state index in [0.717, 1.165) is 36.6 Å². The normalized spacial score (nSPS) is 24.5. The zero-order valence-corrected chi connectivity index (χ0v) is 21.3. The summed E-state index contributed by atoms with van der Waals surface area (Å²) in [5.41, 5.74) is -1.21. The summed E-state index contributed by atoms with van der Waals surface area (Å²) in [6, 6.07) is 4.31. The van der Waals surface area contributed by atoms with Crippen molar-refractivity contribution in [2.24, 2.45) is 4.99 Å². The van der Waals surface area contributed by atoms with Crippen molar-refractivity contribution >= 4 is 18.0 Å². The van der Waals surface area contributed by atoms with Gasteiger partial charge in [0, 0.05) is 38.0 Å². The van der Waals surface area contributed by atoms with E-state index in [1.165, 1.54) is 6.07 Å². The highest BCUT2D eigenvalue weighted by Crippen LogP contribution is 2.37. The quantitative estimate of drug-likeness (QED) is 0.431. The number of halogens is 3. The number of allylic oxidation sites excluding steroid dienone is 1. The first-order valence-electron chi connectivity index (χ1n) is 12.4. The molecule has 37 heavy (non-hydrogen) atoms. The lowest BCUT2D eigenvalue weighted by molar-refractivity contribution is -0.137. The third-order valence-electron chi connectivity index (χ3n) is 7.05. The molecular weight excluding hydrogens is 489 g/mol. The lowest BCUT2D eigenvalue weighted by Gasteiger charge is -2.48. The van der Waals surface area contributed by atoms with E-state index in [-0.39, 0.29) is 24.4 Å². The van der Waals surface area contributed by atoms with Crippen molar-refractivity contribution in [1.82, 2.24) is 15.5 Å². The smallest absolute Gasteiger partial charge is 0.385 e. The number of alkyl halides is 3. The standard InChI is InChI=1S/C26H35F3N4O4/c1-4-19(13-30-17(2)37-3)25(36)10-8-22(9-11-25)33-15-21(16-33)32-23(34)14-31-24(35)18-6-5-7-20(12-18)26(27,28)29/h4-7,12-13,17,21-22,36H,8-11,14-16H2,1-3H3,(H,31,35)(H,32,34)/b19-4+,30-13?. The van der Waals surface area contributed by atoms with Gasteiger partial charge >= 0.3 is 6.18 Å². The number of carbonyl (C=O) groups excluding carboxylic acids is 2. The van der Waals surface area contributed by atoms with Crippen molar-refractivity contribution in [2.75, 3.05) is 26.7 Å². The first-order valence-corrected chi connectivity index (χ1v) is 12.4. The van der Waals surface area contributed by atoms with E-state index in [2.05, 4.69) is 20.5 Å². The van der Waals surface area contributed by atoms with Gasteiger partial charge in [-0.2, -0.15) is 13.2 Å². The molecule has 0 radical (unpaired) electrons. The van der Waals surface area contributed by atoms with E-state index in [9.17, 15) is 27.9 Å². The fourth-order valence-electron chi connectivity index (χ4n) is 4.72. The Morgan fingerprint density at radius 3 is 2.57 bits per heavy atom. The van der Waals surface area contributed by atoms with Gasteiger partial charge in [-0.05, 0) is 63.3 Å². The molecule has 1 atom stereocenters. The van der Waals surface area contributed by atoms with Crippen LogP contribution in [0.5, 0.6) is 0 Å². The Morgan fingerprint density at radius 1 is 1.30 bits per heavy atom. The summed E-state index contributed by atoms with van der Waals surface area (Å²) in [4.78, 5) is 31.0. The second kappa shape index (κ2) is 12.2. The van der Waals surface area contributed by atoms with Crippen LogP contribution in [0.3, 0.4) is 0 Å². The van der Waals surface area contributed by atoms with Crippen LogP contribution < -0.4 is 10.6 Å². The minimum Gasteiger partial charge on any atom is -0.385 e. The average molecular weight is 525 g/mol. The van der Waals surface area contributed by atoms with Gasteiger partial charge in [-0.15, -0.1) is 0 Å². The van der Waals surface area contributed by atoms with Gasteiger partial charge < -0.3 is 20.5 Å². The molecule has 1 heterocycles. The third-order valence-corrected chi connectivity index (χ3v) is 7.05. The number of likely N-dealkylation sites (tertiary alicyclic amines) is 1. The molecular formula is C26H35F3N4O4. The number of hydrogen-bond donors (Lipinski definition) is 3. The van der Waals surface area contributed by atoms with E-state index in [1.807, 2.05) is 19.9 Å². The topological polar surface area (TPSA) is 103 Å². The summed E-state index contributed by atoms with van der Waals surface area (Å²) >= 11 is 0. The van der Waals surface area contributed by atoms with Crippen molar-refractivity contribution < 1.29 is 32.6 Å². The van der Waals surface area contributed by atoms with Gasteiger partial charge in [0.05, 0.1) is 23.8 Å². The summed E-state index contributed by atoms with van der Waals surface area (Å²) in [7, 11) is 1.58. The van der Waals surface area contributed by atoms with Crippen LogP contribution in [0.15, 0.2) is 40.9 Å². The Balaban J connectivity index is 1.39. The number of benzene rings is 1. The maximum Gasteiger partial charge on any atom is 0.416 e. The number of aliphatic hydroxyl groups is 1. The Kier molecular flexibility index (Phi) is 9.49. The molecule has 1 aromatic carbocycles. The SMILES string of the molecule is C/C=C(\C=NC(C)OC)C1(O)CCC(N2CC(NC(=O)CNC(=O)c3cccc(C(F)(F)F)c3)C2)CC1. The van der Waals surface area contributed by atoms with Crippen molar-refractivity contribution in [3.05, 3.63) is 47.0 Å². The molecule has 0 spiro atoms. The molecule has 2 amide bonds. The zero-order valence-electron chi connectivity index (χ0n) is 21.3. The van der Waals surface area contributed by atoms with Crippen LogP contribution in [0, 0.1) is 0 Å². The Bertz CT molecular complexity index is 1010. The summed E-state index contributed by atoms with van der Waals surface area (Å²) in [6.07, 6.45) is 1.59. The minimum atomic E-state index is -4.55. The van der Waals surface area contributed by atoms with Crippen LogP contribution in [0.4, 0.5) is 13.2 Å². The van der Waals surface area contributed by atoms with Crippen LogP contribution in [0.25, 0.3) is 0 Å². The highest BCUT2D eigenvalue weighted by atomic mass is 19.4. The van der Waals surface area contributed by atoms with E-state index in [4.69, 9.17) is 4.74 Å². The minimum absolute atomic E-state index is 0.0625. The molecule has 204 valence electrons. The second-order valence-corrected chi connectivity index (χ2v) is 9.60. The lowest BCUT2D eigenvalue weighted by Crippen LogP contribution is -2.63. The lowest BCUT2D eigenvalue weighted by atomic mass is 9.76. The molecule has 1 aliphatic heterocycles. The van der Waals surface area contributed by atoms with Crippen molar-refractivity contribution in [3.8, 4) is 0 Å². The number of nitrogens with one attached hydrogen (secondary N) is 2. The number of rotatable bonds is 9. The first kappa shape index (κ1) is 28.8. The number of nitrogens with zero attached hydrogens (tertiary/aromatic N) is 2. The van der Waals surface area contributed by atoms with Gasteiger partial charge in [0.1, 0.15) is 6.23 Å². The molecule has 0 aromatic heterocycles. The molecule has 1 saturated heterocycles. The molecule has 1 aliphatic carbocycles. The number of ether oxygens (including phenoxy) is 1. The van der Waals surface area contributed by atoms with Crippen LogP contribution in [-0.2, 0) is 15.7 Å². The third kappa shape index (κ3) is 7.62. The molecule has 3 N–H and O–H groups in total. The maximum absolute atomic E-state index is 12.8. The molecule has 0 bridgehead atoms. The van der Waals surface area contributed by atoms with E-state index in [0.29, 0.717) is 32.0 Å². The van der Waals surface area contributed by atoms with Crippen LogP contribution in [-0.4, -0.2) is 78.7 Å². The Hall–Kier alpha value is -2.76. The molecule has 1 saturated carbocycles. The van der Waals surface area contributed by atoms with E-state index >= 15 is 0 Å². The first-order chi connectivity index (χ1) is 17.4. The summed E-state index contributed by atoms with van der Waals surface area (Å²) in [6.45, 7) is 4.72.